The molecule has 1 aromatic carbocycles. The number of benzene rings is 1. The zero-order valence-corrected chi connectivity index (χ0v) is 11.2. The maximum Gasteiger partial charge on any atom is 0.231 e. The van der Waals surface area contributed by atoms with Crippen LogP contribution in [0.1, 0.15) is 18.4 Å². The third-order valence-electron chi connectivity index (χ3n) is 3.87. The van der Waals surface area contributed by atoms with Crippen LogP contribution in [-0.4, -0.2) is 43.0 Å². The molecule has 0 aliphatic carbocycles. The maximum absolute atomic E-state index is 9.96. The lowest BCUT2D eigenvalue weighted by molar-refractivity contribution is 0.174. The highest BCUT2D eigenvalue weighted by atomic mass is 16.7. The molecule has 5 heteroatoms. The van der Waals surface area contributed by atoms with Gasteiger partial charge in [-0.15, -0.1) is 0 Å². The summed E-state index contributed by atoms with van der Waals surface area (Å²) >= 11 is 0. The molecule has 0 bridgehead atoms. The van der Waals surface area contributed by atoms with E-state index in [-0.39, 0.29) is 12.5 Å². The van der Waals surface area contributed by atoms with Gasteiger partial charge in [0.05, 0.1) is 0 Å². The van der Waals surface area contributed by atoms with Gasteiger partial charge in [-0.05, 0) is 39.0 Å². The van der Waals surface area contributed by atoms with E-state index in [0.29, 0.717) is 18.3 Å². The Morgan fingerprint density at radius 2 is 1.95 bits per heavy atom. The average Bonchev–Trinajstić information content (AvgIpc) is 2.85. The third-order valence-corrected chi connectivity index (χ3v) is 3.87. The fraction of sp³-hybridized carbons (Fsp3) is 0.571. The quantitative estimate of drug-likeness (QED) is 0.862. The lowest BCUT2D eigenvalue weighted by Crippen LogP contribution is -2.40. The number of phenols is 1. The molecule has 5 nitrogen and oxygen atoms in total. The molecule has 2 aliphatic rings. The van der Waals surface area contributed by atoms with Gasteiger partial charge in [-0.2, -0.15) is 0 Å². The van der Waals surface area contributed by atoms with Crippen molar-refractivity contribution in [1.82, 2.24) is 10.2 Å². The van der Waals surface area contributed by atoms with E-state index in [4.69, 9.17) is 9.47 Å². The van der Waals surface area contributed by atoms with Crippen LogP contribution in [0.4, 0.5) is 0 Å². The molecule has 1 fully saturated rings. The zero-order valence-electron chi connectivity index (χ0n) is 11.2. The average molecular weight is 264 g/mol. The Kier molecular flexibility index (Phi) is 3.48. The summed E-state index contributed by atoms with van der Waals surface area (Å²) in [5.41, 5.74) is 0.864. The van der Waals surface area contributed by atoms with E-state index in [1.807, 2.05) is 6.07 Å². The monoisotopic (exact) mass is 264 g/mol. The zero-order chi connectivity index (χ0) is 13.2. The molecule has 0 spiro atoms. The minimum atomic E-state index is 0.237. The molecule has 0 aromatic heterocycles. The van der Waals surface area contributed by atoms with Crippen molar-refractivity contribution in [1.29, 1.82) is 0 Å². The van der Waals surface area contributed by atoms with Crippen LogP contribution in [0.25, 0.3) is 0 Å². The molecular weight excluding hydrogens is 244 g/mol. The molecule has 0 radical (unpaired) electrons. The van der Waals surface area contributed by atoms with Gasteiger partial charge in [0, 0.05) is 24.2 Å². The summed E-state index contributed by atoms with van der Waals surface area (Å²) in [5, 5.41) is 13.5. The van der Waals surface area contributed by atoms with Crippen molar-refractivity contribution in [3.05, 3.63) is 17.7 Å². The first-order valence-corrected chi connectivity index (χ1v) is 6.76. The fourth-order valence-corrected chi connectivity index (χ4v) is 2.58. The highest BCUT2D eigenvalue weighted by Crippen LogP contribution is 2.37. The van der Waals surface area contributed by atoms with Crippen molar-refractivity contribution >= 4 is 0 Å². The van der Waals surface area contributed by atoms with Crippen LogP contribution in [0.3, 0.4) is 0 Å². The van der Waals surface area contributed by atoms with E-state index in [1.165, 1.54) is 0 Å². The van der Waals surface area contributed by atoms with Crippen LogP contribution in [0.2, 0.25) is 0 Å². The van der Waals surface area contributed by atoms with Crippen molar-refractivity contribution in [3.8, 4) is 17.2 Å². The van der Waals surface area contributed by atoms with Crippen LogP contribution >= 0.6 is 0 Å². The number of piperidine rings is 1. The summed E-state index contributed by atoms with van der Waals surface area (Å²) in [6.07, 6.45) is 2.31. The lowest BCUT2D eigenvalue weighted by Gasteiger charge is -2.29. The minimum absolute atomic E-state index is 0.237. The lowest BCUT2D eigenvalue weighted by atomic mass is 10.0. The van der Waals surface area contributed by atoms with Crippen molar-refractivity contribution < 1.29 is 14.6 Å². The van der Waals surface area contributed by atoms with Gasteiger partial charge < -0.3 is 24.8 Å². The first kappa shape index (κ1) is 12.6. The normalized spacial score (nSPS) is 19.8. The van der Waals surface area contributed by atoms with Gasteiger partial charge in [0.15, 0.2) is 11.5 Å². The van der Waals surface area contributed by atoms with Crippen LogP contribution in [-0.2, 0) is 6.54 Å². The number of likely N-dealkylation sites (tertiary alicyclic amines) is 1. The first-order valence-electron chi connectivity index (χ1n) is 6.76. The molecule has 0 atom stereocenters. The van der Waals surface area contributed by atoms with E-state index >= 15 is 0 Å². The second-order valence-electron chi connectivity index (χ2n) is 5.29. The molecule has 0 unspecified atom stereocenters. The standard InChI is InChI=1S/C14H20N2O3/c1-16-4-2-11(3-5-16)15-8-10-6-13-14(7-12(10)17)19-9-18-13/h6-7,11,15,17H,2-5,8-9H2,1H3. The number of nitrogens with zero attached hydrogens (tertiary/aromatic N) is 1. The van der Waals surface area contributed by atoms with Crippen LogP contribution in [0.5, 0.6) is 17.2 Å². The number of hydrogen-bond acceptors (Lipinski definition) is 5. The predicted molar refractivity (Wildman–Crippen MR) is 71.6 cm³/mol. The van der Waals surface area contributed by atoms with Crippen LogP contribution in [0.15, 0.2) is 12.1 Å². The van der Waals surface area contributed by atoms with Crippen LogP contribution in [0, 0.1) is 0 Å². The smallest absolute Gasteiger partial charge is 0.231 e. The van der Waals surface area contributed by atoms with Crippen molar-refractivity contribution in [3.63, 3.8) is 0 Å². The van der Waals surface area contributed by atoms with Gasteiger partial charge in [-0.25, -0.2) is 0 Å². The molecule has 104 valence electrons. The molecule has 2 N–H and O–H groups in total. The Morgan fingerprint density at radius 3 is 2.68 bits per heavy atom. The van der Waals surface area contributed by atoms with Gasteiger partial charge in [-0.3, -0.25) is 0 Å². The summed E-state index contributed by atoms with van der Waals surface area (Å²) in [6.45, 7) is 3.16. The van der Waals surface area contributed by atoms with Crippen molar-refractivity contribution in [2.24, 2.45) is 0 Å². The largest absolute Gasteiger partial charge is 0.507 e. The predicted octanol–water partition coefficient (Wildman–Crippen LogP) is 1.30. The van der Waals surface area contributed by atoms with Crippen molar-refractivity contribution in [2.45, 2.75) is 25.4 Å². The summed E-state index contributed by atoms with van der Waals surface area (Å²) in [6, 6.07) is 4.02. The summed E-state index contributed by atoms with van der Waals surface area (Å²) < 4.78 is 10.6. The van der Waals surface area contributed by atoms with Gasteiger partial charge in [0.1, 0.15) is 5.75 Å². The molecule has 19 heavy (non-hydrogen) atoms. The number of nitrogens with one attached hydrogen (secondary N) is 1. The Hall–Kier alpha value is -1.46. The summed E-state index contributed by atoms with van der Waals surface area (Å²) in [5.74, 6) is 1.61. The van der Waals surface area contributed by atoms with Crippen molar-refractivity contribution in [2.75, 3.05) is 26.9 Å². The third kappa shape index (κ3) is 2.77. The highest BCUT2D eigenvalue weighted by Gasteiger charge is 2.19. The maximum atomic E-state index is 9.96. The summed E-state index contributed by atoms with van der Waals surface area (Å²) in [7, 11) is 2.15. The molecule has 1 aromatic rings. The number of phenolic OH excluding ortho intramolecular Hbond substituents is 1. The summed E-state index contributed by atoms with van der Waals surface area (Å²) in [4.78, 5) is 2.34. The number of fused-ring (bicyclic) bond motifs is 1. The van der Waals surface area contributed by atoms with E-state index < -0.39 is 0 Å². The molecule has 2 heterocycles. The second kappa shape index (κ2) is 5.27. The Bertz CT molecular complexity index is 456. The van der Waals surface area contributed by atoms with Crippen LogP contribution < -0.4 is 14.8 Å². The molecular formula is C14H20N2O3. The molecule has 2 aliphatic heterocycles. The van der Waals surface area contributed by atoms with E-state index in [0.717, 1.165) is 37.2 Å². The molecule has 0 amide bonds. The van der Waals surface area contributed by atoms with Gasteiger partial charge in [-0.1, -0.05) is 0 Å². The number of hydrogen-bond donors (Lipinski definition) is 2. The topological polar surface area (TPSA) is 54.0 Å². The SMILES string of the molecule is CN1CCC(NCc2cc3c(cc2O)OCO3)CC1. The second-order valence-corrected chi connectivity index (χ2v) is 5.29. The first-order chi connectivity index (χ1) is 9.22. The highest BCUT2D eigenvalue weighted by molar-refractivity contribution is 5.51. The Balaban J connectivity index is 1.61. The number of aromatic hydroxyl groups is 1. The van der Waals surface area contributed by atoms with E-state index in [2.05, 4.69) is 17.3 Å². The fourth-order valence-electron chi connectivity index (χ4n) is 2.58. The number of rotatable bonds is 3. The van der Waals surface area contributed by atoms with E-state index in [1.54, 1.807) is 6.07 Å². The van der Waals surface area contributed by atoms with Gasteiger partial charge in [0.2, 0.25) is 6.79 Å². The van der Waals surface area contributed by atoms with Gasteiger partial charge >= 0.3 is 0 Å². The minimum Gasteiger partial charge on any atom is -0.507 e. The Labute approximate surface area is 113 Å². The number of ether oxygens (including phenoxy) is 2. The molecule has 0 saturated carbocycles. The molecule has 1 saturated heterocycles. The molecule has 3 rings (SSSR count). The Morgan fingerprint density at radius 1 is 1.26 bits per heavy atom. The van der Waals surface area contributed by atoms with E-state index in [9.17, 15) is 5.11 Å². The van der Waals surface area contributed by atoms with Gasteiger partial charge in [0.25, 0.3) is 0 Å².